The maximum atomic E-state index is 4.30. The molecule has 96 valence electrons. The van der Waals surface area contributed by atoms with Gasteiger partial charge in [-0.3, -0.25) is 4.68 Å². The van der Waals surface area contributed by atoms with E-state index in [1.165, 1.54) is 0 Å². The third-order valence-corrected chi connectivity index (χ3v) is 2.61. The molecule has 2 aromatic heterocycles. The van der Waals surface area contributed by atoms with E-state index in [1.807, 2.05) is 32.3 Å². The molecule has 0 unspecified atom stereocenters. The monoisotopic (exact) mass is 245 g/mol. The van der Waals surface area contributed by atoms with Gasteiger partial charge in [-0.1, -0.05) is 6.92 Å². The molecule has 0 saturated heterocycles. The zero-order valence-corrected chi connectivity index (χ0v) is 11.1. The van der Waals surface area contributed by atoms with E-state index >= 15 is 0 Å². The predicted octanol–water partition coefficient (Wildman–Crippen LogP) is 2.69. The Morgan fingerprint density at radius 1 is 1.39 bits per heavy atom. The number of pyridine rings is 1. The zero-order chi connectivity index (χ0) is 13.0. The molecule has 5 heteroatoms. The number of nitrogens with one attached hydrogen (secondary N) is 2. The Balaban J connectivity index is 2.11. The van der Waals surface area contributed by atoms with E-state index in [4.69, 9.17) is 0 Å². The first-order valence-corrected chi connectivity index (χ1v) is 6.16. The molecule has 5 nitrogen and oxygen atoms in total. The second kappa shape index (κ2) is 5.53. The molecule has 0 fully saturated rings. The summed E-state index contributed by atoms with van der Waals surface area (Å²) in [4.78, 5) is 4.27. The Morgan fingerprint density at radius 3 is 2.89 bits per heavy atom. The zero-order valence-electron chi connectivity index (χ0n) is 11.1. The van der Waals surface area contributed by atoms with Crippen LogP contribution in [0.3, 0.4) is 0 Å². The van der Waals surface area contributed by atoms with E-state index in [0.29, 0.717) is 0 Å². The van der Waals surface area contributed by atoms with Crippen LogP contribution < -0.4 is 10.6 Å². The van der Waals surface area contributed by atoms with Crippen LogP contribution in [-0.4, -0.2) is 21.3 Å². The van der Waals surface area contributed by atoms with Crippen LogP contribution in [0.1, 0.15) is 19.0 Å². The number of hydrogen-bond donors (Lipinski definition) is 2. The van der Waals surface area contributed by atoms with E-state index in [0.717, 1.165) is 35.9 Å². The Hall–Kier alpha value is -2.04. The van der Waals surface area contributed by atoms with Crippen molar-refractivity contribution in [2.24, 2.45) is 7.05 Å². The van der Waals surface area contributed by atoms with Gasteiger partial charge in [0.15, 0.2) is 0 Å². The first-order valence-electron chi connectivity index (χ1n) is 6.16. The van der Waals surface area contributed by atoms with Crippen molar-refractivity contribution in [1.82, 2.24) is 14.8 Å². The molecule has 2 heterocycles. The van der Waals surface area contributed by atoms with Crippen LogP contribution in [0.5, 0.6) is 0 Å². The quantitative estimate of drug-likeness (QED) is 0.850. The molecule has 0 saturated carbocycles. The van der Waals surface area contributed by atoms with Gasteiger partial charge in [-0.15, -0.1) is 0 Å². The van der Waals surface area contributed by atoms with Crippen LogP contribution in [-0.2, 0) is 7.05 Å². The smallest absolute Gasteiger partial charge is 0.127 e. The van der Waals surface area contributed by atoms with Gasteiger partial charge in [0.25, 0.3) is 0 Å². The van der Waals surface area contributed by atoms with Crippen LogP contribution in [0.15, 0.2) is 24.5 Å². The molecular weight excluding hydrogens is 226 g/mol. The second-order valence-electron chi connectivity index (χ2n) is 4.28. The van der Waals surface area contributed by atoms with Gasteiger partial charge in [0.05, 0.1) is 11.4 Å². The van der Waals surface area contributed by atoms with Gasteiger partial charge in [-0.25, -0.2) is 4.98 Å². The molecule has 0 radical (unpaired) electrons. The SMILES string of the molecule is CCCNc1cc(Nc2cn(C)nc2C)ccn1. The highest BCUT2D eigenvalue weighted by atomic mass is 15.3. The summed E-state index contributed by atoms with van der Waals surface area (Å²) in [6, 6.07) is 3.95. The van der Waals surface area contributed by atoms with Crippen molar-refractivity contribution in [3.05, 3.63) is 30.2 Å². The largest absolute Gasteiger partial charge is 0.370 e. The molecule has 2 rings (SSSR count). The first-order chi connectivity index (χ1) is 8.69. The minimum absolute atomic E-state index is 0.892. The lowest BCUT2D eigenvalue weighted by Gasteiger charge is -2.08. The third-order valence-electron chi connectivity index (χ3n) is 2.61. The van der Waals surface area contributed by atoms with Crippen LogP contribution in [0.4, 0.5) is 17.2 Å². The molecule has 2 N–H and O–H groups in total. The molecule has 0 amide bonds. The molecule has 0 aliphatic rings. The molecule has 0 bridgehead atoms. The number of aromatic nitrogens is 3. The summed E-state index contributed by atoms with van der Waals surface area (Å²) < 4.78 is 1.80. The fourth-order valence-electron chi connectivity index (χ4n) is 1.74. The van der Waals surface area contributed by atoms with Crippen LogP contribution in [0.25, 0.3) is 0 Å². The van der Waals surface area contributed by atoms with Gasteiger partial charge >= 0.3 is 0 Å². The number of rotatable bonds is 5. The molecule has 0 atom stereocenters. The van der Waals surface area contributed by atoms with E-state index in [2.05, 4.69) is 27.6 Å². The lowest BCUT2D eigenvalue weighted by Crippen LogP contribution is -2.02. The summed E-state index contributed by atoms with van der Waals surface area (Å²) in [5, 5.41) is 10.9. The average Bonchev–Trinajstić information content (AvgIpc) is 2.66. The highest BCUT2D eigenvalue weighted by molar-refractivity contribution is 5.63. The van der Waals surface area contributed by atoms with Crippen LogP contribution in [0.2, 0.25) is 0 Å². The van der Waals surface area contributed by atoms with E-state index < -0.39 is 0 Å². The molecule has 0 aromatic carbocycles. The molecular formula is C13H19N5. The van der Waals surface area contributed by atoms with Gasteiger partial charge in [-0.05, 0) is 19.4 Å². The summed E-state index contributed by atoms with van der Waals surface area (Å²) >= 11 is 0. The average molecular weight is 245 g/mol. The lowest BCUT2D eigenvalue weighted by molar-refractivity contribution is 0.756. The maximum Gasteiger partial charge on any atom is 0.127 e. The van der Waals surface area contributed by atoms with Gasteiger partial charge in [0, 0.05) is 37.7 Å². The molecule has 0 aliphatic carbocycles. The van der Waals surface area contributed by atoms with Gasteiger partial charge < -0.3 is 10.6 Å². The van der Waals surface area contributed by atoms with Crippen molar-refractivity contribution in [2.45, 2.75) is 20.3 Å². The Morgan fingerprint density at radius 2 is 2.22 bits per heavy atom. The van der Waals surface area contributed by atoms with Crippen molar-refractivity contribution < 1.29 is 0 Å². The fourth-order valence-corrected chi connectivity index (χ4v) is 1.74. The van der Waals surface area contributed by atoms with Crippen molar-refractivity contribution in [3.8, 4) is 0 Å². The van der Waals surface area contributed by atoms with Crippen LogP contribution in [0, 0.1) is 6.92 Å². The van der Waals surface area contributed by atoms with Crippen molar-refractivity contribution in [2.75, 3.05) is 17.2 Å². The van der Waals surface area contributed by atoms with Crippen molar-refractivity contribution in [1.29, 1.82) is 0 Å². The van der Waals surface area contributed by atoms with Crippen molar-refractivity contribution in [3.63, 3.8) is 0 Å². The summed E-state index contributed by atoms with van der Waals surface area (Å²) in [6.45, 7) is 5.05. The highest BCUT2D eigenvalue weighted by Crippen LogP contribution is 2.20. The third kappa shape index (κ3) is 3.00. The molecule has 18 heavy (non-hydrogen) atoms. The minimum atomic E-state index is 0.892. The lowest BCUT2D eigenvalue weighted by atomic mass is 10.3. The van der Waals surface area contributed by atoms with E-state index in [-0.39, 0.29) is 0 Å². The Kier molecular flexibility index (Phi) is 3.82. The first kappa shape index (κ1) is 12.4. The van der Waals surface area contributed by atoms with Crippen LogP contribution >= 0.6 is 0 Å². The number of nitrogens with zero attached hydrogens (tertiary/aromatic N) is 3. The topological polar surface area (TPSA) is 54.8 Å². The Labute approximate surface area is 107 Å². The summed E-state index contributed by atoms with van der Waals surface area (Å²) in [6.07, 6.45) is 4.85. The summed E-state index contributed by atoms with van der Waals surface area (Å²) in [5.41, 5.74) is 3.02. The predicted molar refractivity (Wildman–Crippen MR) is 74.2 cm³/mol. The second-order valence-corrected chi connectivity index (χ2v) is 4.28. The van der Waals surface area contributed by atoms with E-state index in [9.17, 15) is 0 Å². The molecule has 0 aliphatic heterocycles. The molecule has 2 aromatic rings. The highest BCUT2D eigenvalue weighted by Gasteiger charge is 2.03. The van der Waals surface area contributed by atoms with Gasteiger partial charge in [0.1, 0.15) is 5.82 Å². The molecule has 0 spiro atoms. The van der Waals surface area contributed by atoms with Crippen molar-refractivity contribution >= 4 is 17.2 Å². The van der Waals surface area contributed by atoms with Gasteiger partial charge in [-0.2, -0.15) is 5.10 Å². The number of anilines is 3. The summed E-state index contributed by atoms with van der Waals surface area (Å²) in [5.74, 6) is 0.892. The minimum Gasteiger partial charge on any atom is -0.370 e. The number of aryl methyl sites for hydroxylation is 2. The normalized spacial score (nSPS) is 10.4. The van der Waals surface area contributed by atoms with Gasteiger partial charge in [0.2, 0.25) is 0 Å². The maximum absolute atomic E-state index is 4.30. The summed E-state index contributed by atoms with van der Waals surface area (Å²) in [7, 11) is 1.92. The van der Waals surface area contributed by atoms with E-state index in [1.54, 1.807) is 10.9 Å². The number of hydrogen-bond acceptors (Lipinski definition) is 4. The standard InChI is InChI=1S/C13H19N5/c1-4-6-14-13-8-11(5-7-15-13)16-12-9-18(3)17-10(12)2/h5,7-9H,4,6H2,1-3H3,(H2,14,15,16). The Bertz CT molecular complexity index is 518. The fraction of sp³-hybridized carbons (Fsp3) is 0.385.